The number of azide groups is 1. The molecule has 0 radical (unpaired) electrons. The second-order valence-corrected chi connectivity index (χ2v) is 11.4. The van der Waals surface area contributed by atoms with Gasteiger partial charge in [0.2, 0.25) is 5.95 Å². The van der Waals surface area contributed by atoms with Crippen molar-refractivity contribution in [1.29, 1.82) is 0 Å². The first-order valence-electron chi connectivity index (χ1n) is 12.5. The Hall–Kier alpha value is -3.98. The highest BCUT2D eigenvalue weighted by atomic mass is 31.2. The van der Waals surface area contributed by atoms with Gasteiger partial charge in [0.1, 0.15) is 29.0 Å². The molecule has 0 bridgehead atoms. The zero-order chi connectivity index (χ0) is 29.9. The molecule has 1 aliphatic heterocycles. The molecule has 3 heterocycles. The first kappa shape index (κ1) is 30.0. The highest BCUT2D eigenvalue weighted by Gasteiger charge is 2.55. The minimum atomic E-state index is -4.28. The van der Waals surface area contributed by atoms with E-state index >= 15 is 0 Å². The SMILES string of the molecule is CC(C)OC(=O)[C@@H](C)NP(=O)(OC[C@H]1O[C@@H](n2cnc3c(N)nc(N)nc32)[C@](C)(N=[N+]=[N-])[C@@H]1O)Oc1ccccc1. The van der Waals surface area contributed by atoms with E-state index in [2.05, 4.69) is 30.1 Å². The number of nitrogen functional groups attached to an aromatic ring is 2. The molecule has 6 atom stereocenters. The predicted octanol–water partition coefficient (Wildman–Crippen LogP) is 2.45. The second kappa shape index (κ2) is 11.9. The molecule has 17 nitrogen and oxygen atoms in total. The Kier molecular flexibility index (Phi) is 8.68. The van der Waals surface area contributed by atoms with Gasteiger partial charge in [-0.25, -0.2) is 9.55 Å². The number of hydrogen-bond donors (Lipinski definition) is 4. The van der Waals surface area contributed by atoms with Gasteiger partial charge in [0.05, 0.1) is 25.1 Å². The van der Waals surface area contributed by atoms with Gasteiger partial charge < -0.3 is 30.6 Å². The number of rotatable bonds is 11. The summed E-state index contributed by atoms with van der Waals surface area (Å²) in [6.07, 6.45) is -2.91. The standard InChI is InChI=1S/C23H31N10O7P/c1-12(2)38-20(35)13(3)30-41(36,40-14-8-6-5-7-9-14)37-10-15-17(34)23(4,31-32-26)21(39-15)33-11-27-16-18(24)28-22(25)29-19(16)33/h5-9,11-13,15,17,21,34H,10H2,1-4H3,(H,30,36)(H4,24,25,28,29)/t13-,15-,17-,21-,23-,41?/m1/s1. The van der Waals surface area contributed by atoms with Crippen LogP contribution in [-0.4, -0.2) is 67.1 Å². The molecule has 18 heteroatoms. The van der Waals surface area contributed by atoms with Crippen LogP contribution in [0.1, 0.15) is 33.9 Å². The van der Waals surface area contributed by atoms with Gasteiger partial charge in [0.15, 0.2) is 17.7 Å². The lowest BCUT2D eigenvalue weighted by molar-refractivity contribution is -0.149. The maximum absolute atomic E-state index is 13.9. The lowest BCUT2D eigenvalue weighted by Crippen LogP contribution is -2.43. The van der Waals surface area contributed by atoms with Gasteiger partial charge in [-0.2, -0.15) is 15.1 Å². The lowest BCUT2D eigenvalue weighted by atomic mass is 9.93. The Morgan fingerprint density at radius 2 is 2.02 bits per heavy atom. The van der Waals surface area contributed by atoms with Crippen LogP contribution in [0.4, 0.5) is 11.8 Å². The Morgan fingerprint density at radius 1 is 1.32 bits per heavy atom. The van der Waals surface area contributed by atoms with E-state index in [0.717, 1.165) is 0 Å². The molecule has 0 spiro atoms. The summed E-state index contributed by atoms with van der Waals surface area (Å²) in [7, 11) is -4.28. The fourth-order valence-electron chi connectivity index (χ4n) is 4.22. The first-order chi connectivity index (χ1) is 19.4. The third-order valence-corrected chi connectivity index (χ3v) is 7.81. The molecule has 220 valence electrons. The van der Waals surface area contributed by atoms with Crippen molar-refractivity contribution < 1.29 is 33.0 Å². The number of esters is 1. The summed E-state index contributed by atoms with van der Waals surface area (Å²) in [6, 6.07) is 7.07. The van der Waals surface area contributed by atoms with Crippen LogP contribution < -0.4 is 21.1 Å². The van der Waals surface area contributed by atoms with Crippen molar-refractivity contribution in [3.05, 3.63) is 47.1 Å². The second-order valence-electron chi connectivity index (χ2n) is 9.71. The molecule has 1 fully saturated rings. The lowest BCUT2D eigenvalue weighted by Gasteiger charge is -2.28. The van der Waals surface area contributed by atoms with Gasteiger partial charge in [-0.05, 0) is 45.4 Å². The number of fused-ring (bicyclic) bond motifs is 1. The summed E-state index contributed by atoms with van der Waals surface area (Å²) >= 11 is 0. The Balaban J connectivity index is 1.61. The van der Waals surface area contributed by atoms with Crippen LogP contribution >= 0.6 is 7.75 Å². The van der Waals surface area contributed by atoms with Crippen LogP contribution in [0, 0.1) is 0 Å². The molecule has 3 aromatic rings. The van der Waals surface area contributed by atoms with Crippen molar-refractivity contribution in [1.82, 2.24) is 24.6 Å². The zero-order valence-corrected chi connectivity index (χ0v) is 23.6. The normalized spacial score (nSPS) is 24.5. The molecular weight excluding hydrogens is 559 g/mol. The van der Waals surface area contributed by atoms with E-state index in [1.54, 1.807) is 44.2 Å². The molecule has 41 heavy (non-hydrogen) atoms. The Labute approximate surface area is 234 Å². The number of benzene rings is 1. The van der Waals surface area contributed by atoms with Crippen molar-refractivity contribution >= 4 is 36.6 Å². The quantitative estimate of drug-likeness (QED) is 0.0824. The van der Waals surface area contributed by atoms with Crippen LogP contribution in [0.2, 0.25) is 0 Å². The molecule has 2 aromatic heterocycles. The van der Waals surface area contributed by atoms with E-state index < -0.39 is 56.4 Å². The minimum absolute atomic E-state index is 0.0188. The van der Waals surface area contributed by atoms with Gasteiger partial charge in [0, 0.05) is 4.91 Å². The van der Waals surface area contributed by atoms with Gasteiger partial charge in [0.25, 0.3) is 0 Å². The van der Waals surface area contributed by atoms with Crippen molar-refractivity contribution in [3.63, 3.8) is 0 Å². The topological polar surface area (TPSA) is 248 Å². The number of aliphatic hydroxyl groups excluding tert-OH is 1. The summed E-state index contributed by atoms with van der Waals surface area (Å²) < 4.78 is 37.8. The average Bonchev–Trinajstić information content (AvgIpc) is 3.42. The number of hydrogen-bond acceptors (Lipinski definition) is 13. The minimum Gasteiger partial charge on any atom is -0.462 e. The maximum Gasteiger partial charge on any atom is 0.459 e. The van der Waals surface area contributed by atoms with Crippen LogP contribution in [0.3, 0.4) is 0 Å². The number of aromatic nitrogens is 4. The molecule has 0 saturated carbocycles. The summed E-state index contributed by atoms with van der Waals surface area (Å²) in [5.41, 5.74) is 19.7. The number of carbonyl (C=O) groups excluding carboxylic acids is 1. The summed E-state index contributed by atoms with van der Waals surface area (Å²) in [5, 5.41) is 17.6. The molecule has 1 saturated heterocycles. The largest absolute Gasteiger partial charge is 0.462 e. The number of nitrogens with zero attached hydrogens (tertiary/aromatic N) is 7. The first-order valence-corrected chi connectivity index (χ1v) is 14.0. The van der Waals surface area contributed by atoms with E-state index in [4.69, 9.17) is 30.0 Å². The van der Waals surface area contributed by atoms with Gasteiger partial charge in [-0.15, -0.1) is 0 Å². The van der Waals surface area contributed by atoms with E-state index in [1.807, 2.05) is 0 Å². The maximum atomic E-state index is 13.9. The highest BCUT2D eigenvalue weighted by Crippen LogP contribution is 2.48. The Morgan fingerprint density at radius 3 is 2.68 bits per heavy atom. The van der Waals surface area contributed by atoms with Gasteiger partial charge in [-0.1, -0.05) is 23.3 Å². The van der Waals surface area contributed by atoms with Crippen molar-refractivity contribution in [2.75, 3.05) is 18.1 Å². The number of ether oxygens (including phenoxy) is 2. The predicted molar refractivity (Wildman–Crippen MR) is 146 cm³/mol. The number of anilines is 2. The fourth-order valence-corrected chi connectivity index (χ4v) is 5.72. The third kappa shape index (κ3) is 6.35. The van der Waals surface area contributed by atoms with Crippen LogP contribution in [0.15, 0.2) is 41.8 Å². The van der Waals surface area contributed by atoms with Crippen molar-refractivity contribution in [2.45, 2.75) is 63.8 Å². The summed E-state index contributed by atoms with van der Waals surface area (Å²) in [4.78, 5) is 27.5. The molecule has 1 aliphatic rings. The highest BCUT2D eigenvalue weighted by molar-refractivity contribution is 7.52. The fraction of sp³-hybridized carbons (Fsp3) is 0.478. The van der Waals surface area contributed by atoms with Crippen molar-refractivity contribution in [3.8, 4) is 5.75 Å². The van der Waals surface area contributed by atoms with Crippen LogP contribution in [-0.2, 0) is 23.4 Å². The molecule has 0 amide bonds. The number of carbonyl (C=O) groups is 1. The average molecular weight is 591 g/mol. The molecule has 0 aliphatic carbocycles. The number of imidazole rings is 1. The van der Waals surface area contributed by atoms with E-state index in [1.165, 1.54) is 24.7 Å². The number of nitrogens with one attached hydrogen (secondary N) is 1. The van der Waals surface area contributed by atoms with Crippen LogP contribution in [0.25, 0.3) is 21.6 Å². The molecular formula is C23H31N10O7P. The number of para-hydroxylation sites is 1. The Bertz CT molecular complexity index is 1500. The smallest absolute Gasteiger partial charge is 0.459 e. The molecule has 1 unspecified atom stereocenters. The summed E-state index contributed by atoms with van der Waals surface area (Å²) in [6.45, 7) is 5.74. The zero-order valence-electron chi connectivity index (χ0n) is 22.7. The molecule has 4 rings (SSSR count). The molecule has 1 aromatic carbocycles. The monoisotopic (exact) mass is 590 g/mol. The van der Waals surface area contributed by atoms with E-state index in [-0.39, 0.29) is 28.7 Å². The van der Waals surface area contributed by atoms with Gasteiger partial charge >= 0.3 is 13.7 Å². The van der Waals surface area contributed by atoms with Crippen molar-refractivity contribution in [2.24, 2.45) is 5.11 Å². The third-order valence-electron chi connectivity index (χ3n) is 6.17. The number of nitrogens with two attached hydrogens (primary N) is 2. The van der Waals surface area contributed by atoms with E-state index in [0.29, 0.717) is 0 Å². The van der Waals surface area contributed by atoms with E-state index in [9.17, 15) is 20.0 Å². The summed E-state index contributed by atoms with van der Waals surface area (Å²) in [5.74, 6) is -0.598. The van der Waals surface area contributed by atoms with Crippen LogP contribution in [0.5, 0.6) is 5.75 Å². The molecule has 6 N–H and O–H groups in total. The van der Waals surface area contributed by atoms with Gasteiger partial charge in [-0.3, -0.25) is 13.9 Å². The number of aliphatic hydroxyl groups is 1.